The number of nitrogens with zero attached hydrogens (tertiary/aromatic N) is 1. The van der Waals surface area contributed by atoms with E-state index in [2.05, 4.69) is 10.6 Å². The van der Waals surface area contributed by atoms with Crippen molar-refractivity contribution < 1.29 is 14.3 Å². The first-order chi connectivity index (χ1) is 14.4. The Balaban J connectivity index is 1.48. The van der Waals surface area contributed by atoms with Gasteiger partial charge in [0.15, 0.2) is 0 Å². The number of piperidine rings is 1. The van der Waals surface area contributed by atoms with Crippen molar-refractivity contribution in [2.45, 2.75) is 12.8 Å². The molecule has 0 atom stereocenters. The first-order valence-electron chi connectivity index (χ1n) is 9.47. The highest BCUT2D eigenvalue weighted by atomic mass is 35.5. The average Bonchev–Trinajstić information content (AvgIpc) is 2.71. The van der Waals surface area contributed by atoms with Crippen molar-refractivity contribution >= 4 is 58.0 Å². The van der Waals surface area contributed by atoms with Gasteiger partial charge in [0.2, 0.25) is 11.8 Å². The summed E-state index contributed by atoms with van der Waals surface area (Å²) in [7, 11) is 1.54. The highest BCUT2D eigenvalue weighted by Crippen LogP contribution is 2.29. The molecule has 2 N–H and O–H groups in total. The molecule has 1 saturated heterocycles. The van der Waals surface area contributed by atoms with Crippen LogP contribution in [0.5, 0.6) is 5.75 Å². The van der Waals surface area contributed by atoms with Crippen molar-refractivity contribution in [1.29, 1.82) is 0 Å². The molecule has 6 nitrogen and oxygen atoms in total. The lowest BCUT2D eigenvalue weighted by atomic mass is 9.95. The molecule has 30 heavy (non-hydrogen) atoms. The van der Waals surface area contributed by atoms with Crippen molar-refractivity contribution in [3.8, 4) is 5.75 Å². The third kappa shape index (κ3) is 6.01. The Morgan fingerprint density at radius 3 is 2.43 bits per heavy atom. The molecule has 0 aliphatic carbocycles. The molecular formula is C21H22Cl3N3O3. The maximum Gasteiger partial charge on any atom is 0.238 e. The fraction of sp³-hybridized carbons (Fsp3) is 0.333. The van der Waals surface area contributed by atoms with Crippen LogP contribution in [-0.2, 0) is 9.59 Å². The summed E-state index contributed by atoms with van der Waals surface area (Å²) in [5.41, 5.74) is 1.15. The highest BCUT2D eigenvalue weighted by molar-refractivity contribution is 6.42. The van der Waals surface area contributed by atoms with Crippen molar-refractivity contribution in [3.63, 3.8) is 0 Å². The van der Waals surface area contributed by atoms with Crippen molar-refractivity contribution in [2.24, 2.45) is 5.92 Å². The minimum absolute atomic E-state index is 0.0736. The number of methoxy groups -OCH3 is 1. The van der Waals surface area contributed by atoms with Gasteiger partial charge in [0.05, 0.1) is 29.4 Å². The van der Waals surface area contributed by atoms with Crippen molar-refractivity contribution in [2.75, 3.05) is 37.4 Å². The summed E-state index contributed by atoms with van der Waals surface area (Å²) in [6.07, 6.45) is 1.32. The summed E-state index contributed by atoms with van der Waals surface area (Å²) in [6.45, 7) is 1.55. The van der Waals surface area contributed by atoms with Gasteiger partial charge in [0.1, 0.15) is 5.75 Å². The quantitative estimate of drug-likeness (QED) is 0.627. The summed E-state index contributed by atoms with van der Waals surface area (Å²) in [5, 5.41) is 7.06. The normalized spacial score (nSPS) is 14.9. The van der Waals surface area contributed by atoms with Crippen LogP contribution in [0, 0.1) is 5.92 Å². The van der Waals surface area contributed by atoms with Crippen LogP contribution in [0.4, 0.5) is 11.4 Å². The molecule has 1 fully saturated rings. The SMILES string of the molecule is COc1ccc(Cl)cc1NC(=O)C1CCN(CC(=O)Nc2ccc(Cl)c(Cl)c2)CC1. The average molecular weight is 471 g/mol. The van der Waals surface area contributed by atoms with Gasteiger partial charge in [-0.25, -0.2) is 0 Å². The van der Waals surface area contributed by atoms with E-state index in [4.69, 9.17) is 39.5 Å². The molecule has 0 aromatic heterocycles. The number of nitrogens with one attached hydrogen (secondary N) is 2. The van der Waals surface area contributed by atoms with E-state index in [1.54, 1.807) is 43.5 Å². The van der Waals surface area contributed by atoms with Crippen LogP contribution in [-0.4, -0.2) is 43.5 Å². The molecule has 2 aromatic carbocycles. The minimum atomic E-state index is -0.139. The molecule has 0 spiro atoms. The van der Waals surface area contributed by atoms with Gasteiger partial charge in [0, 0.05) is 16.6 Å². The second-order valence-corrected chi connectivity index (χ2v) is 8.31. The molecule has 3 rings (SSSR count). The fourth-order valence-corrected chi connectivity index (χ4v) is 3.81. The molecule has 0 unspecified atom stereocenters. The standard InChI is InChI=1S/C21H22Cl3N3O3/c1-30-19-5-2-14(22)10-18(19)26-21(29)13-6-8-27(9-7-13)12-20(28)25-15-3-4-16(23)17(24)11-15/h2-5,10-11,13H,6-9,12H2,1H3,(H,25,28)(H,26,29). The topological polar surface area (TPSA) is 70.7 Å². The van der Waals surface area contributed by atoms with Gasteiger partial charge in [-0.3, -0.25) is 14.5 Å². The summed E-state index contributed by atoms with van der Waals surface area (Å²) < 4.78 is 5.27. The highest BCUT2D eigenvalue weighted by Gasteiger charge is 2.26. The Hall–Kier alpha value is -1.99. The second kappa shape index (κ2) is 10.4. The number of carbonyl (C=O) groups excluding carboxylic acids is 2. The van der Waals surface area contributed by atoms with Crippen LogP contribution in [0.2, 0.25) is 15.1 Å². The Bertz CT molecular complexity index is 931. The fourth-order valence-electron chi connectivity index (χ4n) is 3.34. The Morgan fingerprint density at radius 2 is 1.77 bits per heavy atom. The summed E-state index contributed by atoms with van der Waals surface area (Å²) in [5.74, 6) is 0.211. The lowest BCUT2D eigenvalue weighted by Gasteiger charge is -2.30. The van der Waals surface area contributed by atoms with Crippen LogP contribution in [0.25, 0.3) is 0 Å². The zero-order valence-electron chi connectivity index (χ0n) is 16.4. The predicted octanol–water partition coefficient (Wildman–Crippen LogP) is 4.94. The second-order valence-electron chi connectivity index (χ2n) is 7.06. The Kier molecular flexibility index (Phi) is 7.83. The van der Waals surface area contributed by atoms with Gasteiger partial charge in [0.25, 0.3) is 0 Å². The number of anilines is 2. The Morgan fingerprint density at radius 1 is 1.03 bits per heavy atom. The molecule has 9 heteroatoms. The lowest BCUT2D eigenvalue weighted by molar-refractivity contribution is -0.121. The number of carbonyl (C=O) groups is 2. The van der Waals surface area contributed by atoms with E-state index in [-0.39, 0.29) is 24.3 Å². The van der Waals surface area contributed by atoms with E-state index in [1.165, 1.54) is 0 Å². The molecule has 0 saturated carbocycles. The van der Waals surface area contributed by atoms with E-state index in [0.717, 1.165) is 0 Å². The van der Waals surface area contributed by atoms with Crippen LogP contribution < -0.4 is 15.4 Å². The molecule has 1 aliphatic rings. The zero-order valence-corrected chi connectivity index (χ0v) is 18.7. The van der Waals surface area contributed by atoms with Gasteiger partial charge in [-0.1, -0.05) is 34.8 Å². The molecule has 2 aromatic rings. The largest absolute Gasteiger partial charge is 0.495 e. The van der Waals surface area contributed by atoms with Crippen LogP contribution in [0.3, 0.4) is 0 Å². The van der Waals surface area contributed by atoms with Gasteiger partial charge in [-0.05, 0) is 62.3 Å². The lowest BCUT2D eigenvalue weighted by Crippen LogP contribution is -2.41. The number of halogens is 3. The van der Waals surface area contributed by atoms with E-state index in [9.17, 15) is 9.59 Å². The predicted molar refractivity (Wildman–Crippen MR) is 121 cm³/mol. The van der Waals surface area contributed by atoms with E-state index < -0.39 is 0 Å². The first-order valence-corrected chi connectivity index (χ1v) is 10.6. The number of benzene rings is 2. The Labute approximate surface area is 190 Å². The number of ether oxygens (including phenoxy) is 1. The number of likely N-dealkylation sites (tertiary alicyclic amines) is 1. The van der Waals surface area contributed by atoms with E-state index >= 15 is 0 Å². The number of hydrogen-bond acceptors (Lipinski definition) is 4. The molecule has 1 heterocycles. The molecule has 160 valence electrons. The zero-order chi connectivity index (χ0) is 21.7. The van der Waals surface area contributed by atoms with Gasteiger partial charge < -0.3 is 15.4 Å². The number of rotatable bonds is 6. The van der Waals surface area contributed by atoms with Gasteiger partial charge >= 0.3 is 0 Å². The third-order valence-electron chi connectivity index (χ3n) is 4.95. The monoisotopic (exact) mass is 469 g/mol. The molecule has 2 amide bonds. The first kappa shape index (κ1) is 22.7. The molecule has 1 aliphatic heterocycles. The number of amides is 2. The maximum atomic E-state index is 12.6. The van der Waals surface area contributed by atoms with E-state index in [0.29, 0.717) is 58.1 Å². The van der Waals surface area contributed by atoms with Crippen LogP contribution >= 0.6 is 34.8 Å². The summed E-state index contributed by atoms with van der Waals surface area (Å²) in [4.78, 5) is 27.0. The molecular weight excluding hydrogens is 449 g/mol. The smallest absolute Gasteiger partial charge is 0.238 e. The third-order valence-corrected chi connectivity index (χ3v) is 5.92. The van der Waals surface area contributed by atoms with Crippen LogP contribution in [0.1, 0.15) is 12.8 Å². The van der Waals surface area contributed by atoms with Gasteiger partial charge in [-0.2, -0.15) is 0 Å². The summed E-state index contributed by atoms with van der Waals surface area (Å²) in [6, 6.07) is 10.0. The summed E-state index contributed by atoms with van der Waals surface area (Å²) >= 11 is 17.9. The minimum Gasteiger partial charge on any atom is -0.495 e. The van der Waals surface area contributed by atoms with Crippen LogP contribution in [0.15, 0.2) is 36.4 Å². The van der Waals surface area contributed by atoms with Crippen molar-refractivity contribution in [3.05, 3.63) is 51.5 Å². The molecule has 0 bridgehead atoms. The number of hydrogen-bond donors (Lipinski definition) is 2. The van der Waals surface area contributed by atoms with E-state index in [1.807, 2.05) is 4.90 Å². The maximum absolute atomic E-state index is 12.6. The van der Waals surface area contributed by atoms with Gasteiger partial charge in [-0.15, -0.1) is 0 Å². The van der Waals surface area contributed by atoms with Crippen molar-refractivity contribution in [1.82, 2.24) is 4.90 Å². The molecule has 0 radical (unpaired) electrons.